The maximum atomic E-state index is 12.9. The molecule has 2 saturated heterocycles. The minimum Gasteiger partial charge on any atom is -0.332 e. The average molecular weight is 409 g/mol. The van der Waals surface area contributed by atoms with Gasteiger partial charge in [0, 0.05) is 24.6 Å². The van der Waals surface area contributed by atoms with Gasteiger partial charge >= 0.3 is 0 Å². The smallest absolute Gasteiger partial charge is 0.243 e. The van der Waals surface area contributed by atoms with E-state index >= 15 is 0 Å². The summed E-state index contributed by atoms with van der Waals surface area (Å²) >= 11 is 0. The molecule has 8 heteroatoms. The molecule has 1 N–H and O–H groups in total. The Bertz CT molecular complexity index is 824. The maximum absolute atomic E-state index is 12.9. The van der Waals surface area contributed by atoms with E-state index in [2.05, 4.69) is 6.92 Å². The van der Waals surface area contributed by atoms with Gasteiger partial charge in [-0.25, -0.2) is 8.42 Å². The van der Waals surface area contributed by atoms with E-state index in [-0.39, 0.29) is 22.5 Å². The van der Waals surface area contributed by atoms with Crippen LogP contribution in [-0.2, 0) is 14.8 Å². The van der Waals surface area contributed by atoms with Crippen molar-refractivity contribution in [3.05, 3.63) is 29.8 Å². The number of piperidine rings is 1. The van der Waals surface area contributed by atoms with Crippen LogP contribution in [0.3, 0.4) is 0 Å². The second kappa shape index (κ2) is 8.71. The summed E-state index contributed by atoms with van der Waals surface area (Å²) < 4.78 is 27.3. The van der Waals surface area contributed by atoms with Crippen molar-refractivity contribution in [1.82, 2.24) is 9.21 Å². The number of ketones is 1. The molecule has 0 aliphatic carbocycles. The van der Waals surface area contributed by atoms with Crippen molar-refractivity contribution in [2.45, 2.75) is 31.6 Å². The fourth-order valence-corrected chi connectivity index (χ4v) is 5.54. The fourth-order valence-electron chi connectivity index (χ4n) is 4.02. The predicted molar refractivity (Wildman–Crippen MR) is 106 cm³/mol. The monoisotopic (exact) mass is 408 g/mol. The van der Waals surface area contributed by atoms with Gasteiger partial charge in [0.05, 0.1) is 37.6 Å². The number of hydrogen-bond acceptors (Lipinski definition) is 4. The molecular weight excluding hydrogens is 378 g/mol. The molecule has 0 radical (unpaired) electrons. The number of quaternary nitrogens is 1. The summed E-state index contributed by atoms with van der Waals surface area (Å²) in [6, 6.07) is 6.17. The Balaban J connectivity index is 1.61. The van der Waals surface area contributed by atoms with Gasteiger partial charge in [0.1, 0.15) is 0 Å². The van der Waals surface area contributed by atoms with E-state index in [4.69, 9.17) is 0 Å². The van der Waals surface area contributed by atoms with Gasteiger partial charge in [-0.1, -0.05) is 12.1 Å². The molecule has 0 spiro atoms. The van der Waals surface area contributed by atoms with Crippen LogP contribution < -0.4 is 4.90 Å². The largest absolute Gasteiger partial charge is 0.332 e. The molecule has 2 heterocycles. The standard InChI is InChI=1S/C20H29N3O4S/c1-3-21-11-13-22(14-12-21)20(25)17-7-9-23(10-8-17)28(26,27)19-6-4-5-18(15-19)16(2)24/h4-6,15,17H,3,7-14H2,1-2H3/p+1. The van der Waals surface area contributed by atoms with E-state index in [0.29, 0.717) is 31.5 Å². The van der Waals surface area contributed by atoms with Gasteiger partial charge in [0.15, 0.2) is 5.78 Å². The number of nitrogens with zero attached hydrogens (tertiary/aromatic N) is 2. The average Bonchev–Trinajstić information content (AvgIpc) is 2.73. The highest BCUT2D eigenvalue weighted by molar-refractivity contribution is 7.89. The van der Waals surface area contributed by atoms with E-state index < -0.39 is 10.0 Å². The molecule has 3 rings (SSSR count). The minimum atomic E-state index is -3.65. The first-order chi connectivity index (χ1) is 13.3. The number of hydrogen-bond donors (Lipinski definition) is 1. The van der Waals surface area contributed by atoms with Gasteiger partial charge < -0.3 is 9.80 Å². The Kier molecular flexibility index (Phi) is 6.52. The summed E-state index contributed by atoms with van der Waals surface area (Å²) in [6.45, 7) is 8.90. The Morgan fingerprint density at radius 3 is 2.32 bits per heavy atom. The first kappa shape index (κ1) is 21.0. The van der Waals surface area contributed by atoms with E-state index in [1.165, 1.54) is 28.3 Å². The predicted octanol–water partition coefficient (Wildman–Crippen LogP) is 0.0369. The minimum absolute atomic E-state index is 0.0989. The summed E-state index contributed by atoms with van der Waals surface area (Å²) in [4.78, 5) is 28.0. The molecule has 28 heavy (non-hydrogen) atoms. The highest BCUT2D eigenvalue weighted by Crippen LogP contribution is 2.25. The van der Waals surface area contributed by atoms with Crippen LogP contribution in [0.15, 0.2) is 29.2 Å². The summed E-state index contributed by atoms with van der Waals surface area (Å²) in [5.74, 6) is -0.0877. The zero-order valence-corrected chi connectivity index (χ0v) is 17.5. The molecule has 2 fully saturated rings. The van der Waals surface area contributed by atoms with Crippen LogP contribution in [0.2, 0.25) is 0 Å². The third-order valence-corrected chi connectivity index (χ3v) is 7.86. The van der Waals surface area contributed by atoms with Crippen LogP contribution >= 0.6 is 0 Å². The van der Waals surface area contributed by atoms with E-state index in [1.807, 2.05) is 4.90 Å². The molecular formula is C20H30N3O4S+. The SMILES string of the molecule is CC[NH+]1CCN(C(=O)C2CCN(S(=O)(=O)c3cccc(C(C)=O)c3)CC2)CC1. The van der Waals surface area contributed by atoms with Crippen molar-refractivity contribution in [3.63, 3.8) is 0 Å². The molecule has 0 unspecified atom stereocenters. The van der Waals surface area contributed by atoms with E-state index in [9.17, 15) is 18.0 Å². The lowest BCUT2D eigenvalue weighted by Crippen LogP contribution is -3.14. The Labute approximate surface area is 167 Å². The number of carbonyl (C=O) groups excluding carboxylic acids is 2. The number of rotatable bonds is 5. The van der Waals surface area contributed by atoms with Gasteiger partial charge in [-0.15, -0.1) is 0 Å². The molecule has 2 aliphatic rings. The van der Waals surface area contributed by atoms with Crippen LogP contribution in [0.1, 0.15) is 37.0 Å². The van der Waals surface area contributed by atoms with Crippen molar-refractivity contribution < 1.29 is 22.9 Å². The Morgan fingerprint density at radius 2 is 1.75 bits per heavy atom. The Morgan fingerprint density at radius 1 is 1.11 bits per heavy atom. The lowest BCUT2D eigenvalue weighted by molar-refractivity contribution is -0.902. The molecule has 154 valence electrons. The van der Waals surface area contributed by atoms with Gasteiger partial charge in [-0.3, -0.25) is 9.59 Å². The summed E-state index contributed by atoms with van der Waals surface area (Å²) in [7, 11) is -3.65. The van der Waals surface area contributed by atoms with Crippen molar-refractivity contribution in [1.29, 1.82) is 0 Å². The number of carbonyl (C=O) groups is 2. The third-order valence-electron chi connectivity index (χ3n) is 5.96. The number of sulfonamides is 1. The van der Waals surface area contributed by atoms with E-state index in [1.54, 1.807) is 12.1 Å². The van der Waals surface area contributed by atoms with Gasteiger partial charge in [-0.05, 0) is 38.8 Å². The third kappa shape index (κ3) is 4.45. The van der Waals surface area contributed by atoms with Crippen molar-refractivity contribution in [2.24, 2.45) is 5.92 Å². The highest BCUT2D eigenvalue weighted by Gasteiger charge is 2.35. The molecule has 7 nitrogen and oxygen atoms in total. The van der Waals surface area contributed by atoms with Crippen LogP contribution in [-0.4, -0.2) is 75.1 Å². The Hall–Kier alpha value is -1.77. The van der Waals surface area contributed by atoms with Gasteiger partial charge in [0.2, 0.25) is 15.9 Å². The highest BCUT2D eigenvalue weighted by atomic mass is 32.2. The first-order valence-corrected chi connectivity index (χ1v) is 11.5. The molecule has 0 atom stereocenters. The van der Waals surface area contributed by atoms with Crippen LogP contribution in [0.5, 0.6) is 0 Å². The quantitative estimate of drug-likeness (QED) is 0.698. The topological polar surface area (TPSA) is 79.2 Å². The molecule has 0 bridgehead atoms. The lowest BCUT2D eigenvalue weighted by Gasteiger charge is -2.36. The number of Topliss-reactive ketones (excluding diaryl/α,β-unsaturated/α-hetero) is 1. The molecule has 0 saturated carbocycles. The lowest BCUT2D eigenvalue weighted by atomic mass is 9.96. The summed E-state index contributed by atoms with van der Waals surface area (Å²) in [6.07, 6.45) is 1.09. The fraction of sp³-hybridized carbons (Fsp3) is 0.600. The number of nitrogens with one attached hydrogen (secondary N) is 1. The normalized spacial score (nSPS) is 20.3. The zero-order valence-electron chi connectivity index (χ0n) is 16.7. The number of benzene rings is 1. The summed E-state index contributed by atoms with van der Waals surface area (Å²) in [5.41, 5.74) is 0.388. The number of likely N-dealkylation sites (N-methyl/N-ethyl adjacent to an activating group) is 1. The maximum Gasteiger partial charge on any atom is 0.243 e. The van der Waals surface area contributed by atoms with Crippen LogP contribution in [0.4, 0.5) is 0 Å². The molecule has 1 aromatic carbocycles. The molecule has 0 aromatic heterocycles. The first-order valence-electron chi connectivity index (χ1n) is 10.1. The van der Waals surface area contributed by atoms with Crippen LogP contribution in [0.25, 0.3) is 0 Å². The zero-order chi connectivity index (χ0) is 20.3. The van der Waals surface area contributed by atoms with Crippen LogP contribution in [0, 0.1) is 5.92 Å². The molecule has 1 amide bonds. The second-order valence-electron chi connectivity index (χ2n) is 7.69. The number of piperazine rings is 1. The molecule has 1 aromatic rings. The van der Waals surface area contributed by atoms with Crippen molar-refractivity contribution in [3.8, 4) is 0 Å². The van der Waals surface area contributed by atoms with Gasteiger partial charge in [-0.2, -0.15) is 4.31 Å². The van der Waals surface area contributed by atoms with Crippen molar-refractivity contribution >= 4 is 21.7 Å². The molecule has 2 aliphatic heterocycles. The second-order valence-corrected chi connectivity index (χ2v) is 9.63. The van der Waals surface area contributed by atoms with Gasteiger partial charge in [0.25, 0.3) is 0 Å². The van der Waals surface area contributed by atoms with Crippen molar-refractivity contribution in [2.75, 3.05) is 45.8 Å². The van der Waals surface area contributed by atoms with E-state index in [0.717, 1.165) is 32.7 Å². The number of amides is 1. The summed E-state index contributed by atoms with van der Waals surface area (Å²) in [5, 5.41) is 0.